The summed E-state index contributed by atoms with van der Waals surface area (Å²) in [6.07, 6.45) is 4.45. The molecule has 0 aliphatic carbocycles. The number of hydrogen-bond donors (Lipinski definition) is 2. The van der Waals surface area contributed by atoms with Gasteiger partial charge in [0, 0.05) is 17.8 Å². The van der Waals surface area contributed by atoms with Crippen molar-refractivity contribution in [3.05, 3.63) is 47.7 Å². The Bertz CT molecular complexity index is 1430. The average Bonchev–Trinajstić information content (AvgIpc) is 2.98. The lowest BCUT2D eigenvalue weighted by atomic mass is 9.87. The monoisotopic (exact) mass is 589 g/mol. The second-order valence-electron chi connectivity index (χ2n) is 11.8. The molecule has 5 unspecified atom stereocenters. The molecular formula is C33H43N5O5. The molecule has 1 aromatic heterocycles. The third kappa shape index (κ3) is 8.26. The summed E-state index contributed by atoms with van der Waals surface area (Å²) >= 11 is 0. The number of aromatic nitrogens is 1. The minimum Gasteiger partial charge on any atom is -0.455 e. The largest absolute Gasteiger partial charge is 0.455 e. The first-order valence-corrected chi connectivity index (χ1v) is 14.9. The van der Waals surface area contributed by atoms with Crippen molar-refractivity contribution in [3.8, 4) is 6.07 Å². The molecule has 0 bridgehead atoms. The number of carbonyl (C=O) groups excluding carboxylic acids is 4. The van der Waals surface area contributed by atoms with E-state index in [4.69, 9.17) is 9.72 Å². The Balaban J connectivity index is 1.65. The Morgan fingerprint density at radius 1 is 1.21 bits per heavy atom. The van der Waals surface area contributed by atoms with Gasteiger partial charge in [0.2, 0.25) is 5.91 Å². The predicted molar refractivity (Wildman–Crippen MR) is 164 cm³/mol. The van der Waals surface area contributed by atoms with Crippen LogP contribution in [0.5, 0.6) is 0 Å². The Labute approximate surface area is 253 Å². The number of fused-ring (bicyclic) bond motifs is 1. The van der Waals surface area contributed by atoms with Gasteiger partial charge in [0.15, 0.2) is 5.78 Å². The number of benzene rings is 1. The summed E-state index contributed by atoms with van der Waals surface area (Å²) < 4.78 is 5.75. The molecule has 1 aliphatic rings. The fourth-order valence-electron chi connectivity index (χ4n) is 4.98. The summed E-state index contributed by atoms with van der Waals surface area (Å²) in [6, 6.07) is 9.90. The molecule has 0 spiro atoms. The van der Waals surface area contributed by atoms with Gasteiger partial charge in [0.25, 0.3) is 5.91 Å². The normalized spacial score (nSPS) is 18.9. The minimum absolute atomic E-state index is 0.150. The number of nitrogens with zero attached hydrogens (tertiary/aromatic N) is 3. The molecule has 1 aromatic carbocycles. The van der Waals surface area contributed by atoms with Crippen LogP contribution in [0.15, 0.2) is 36.4 Å². The van der Waals surface area contributed by atoms with Crippen LogP contribution in [0.1, 0.15) is 85.1 Å². The third-order valence-corrected chi connectivity index (χ3v) is 8.07. The van der Waals surface area contributed by atoms with Gasteiger partial charge < -0.3 is 10.1 Å². The van der Waals surface area contributed by atoms with Gasteiger partial charge in [-0.2, -0.15) is 5.26 Å². The Kier molecular flexibility index (Phi) is 11.2. The molecule has 0 radical (unpaired) electrons. The highest BCUT2D eigenvalue weighted by molar-refractivity contribution is 5.89. The first kappa shape index (κ1) is 33.4. The first-order chi connectivity index (χ1) is 20.3. The van der Waals surface area contributed by atoms with Gasteiger partial charge in [0.1, 0.15) is 23.6 Å². The van der Waals surface area contributed by atoms with Gasteiger partial charge in [-0.1, -0.05) is 51.1 Å². The molecule has 0 saturated carbocycles. The number of amides is 2. The molecule has 1 saturated heterocycles. The summed E-state index contributed by atoms with van der Waals surface area (Å²) in [5, 5.41) is 14.5. The molecule has 10 nitrogen and oxygen atoms in total. The molecular weight excluding hydrogens is 546 g/mol. The molecule has 10 heteroatoms. The van der Waals surface area contributed by atoms with Crippen LogP contribution in [0.2, 0.25) is 0 Å². The van der Waals surface area contributed by atoms with Crippen LogP contribution in [0.25, 0.3) is 17.0 Å². The van der Waals surface area contributed by atoms with E-state index in [0.29, 0.717) is 37.0 Å². The van der Waals surface area contributed by atoms with Crippen molar-refractivity contribution in [2.45, 2.75) is 85.9 Å². The molecule has 2 aromatic rings. The molecule has 2 amide bonds. The van der Waals surface area contributed by atoms with E-state index in [1.165, 1.54) is 11.9 Å². The highest BCUT2D eigenvalue weighted by Crippen LogP contribution is 2.24. The number of hydrazine groups is 1. The molecule has 5 atom stereocenters. The Hall–Kier alpha value is -4.10. The van der Waals surface area contributed by atoms with Crippen molar-refractivity contribution in [1.29, 1.82) is 5.26 Å². The second-order valence-corrected chi connectivity index (χ2v) is 11.8. The zero-order valence-electron chi connectivity index (χ0n) is 26.1. The number of pyridine rings is 1. The van der Waals surface area contributed by atoms with Gasteiger partial charge in [-0.15, -0.1) is 0 Å². The standard InChI is InChI=1S/C33H43N5O5/c1-8-26(20(2)3)30(40)35-21(4)31(41)38-17-9-10-28(37-38)32(42)43-22(5)27-14-13-25-12-11-24(18-29(25)36-27)15-16-33(7,19-34)23(6)39/h11-16,18,20-22,26,28,37H,8-10,17H2,1-7H3,(H,35,40). The van der Waals surface area contributed by atoms with Crippen molar-refractivity contribution in [3.63, 3.8) is 0 Å². The number of rotatable bonds is 11. The number of esters is 1. The lowest BCUT2D eigenvalue weighted by Crippen LogP contribution is -2.59. The van der Waals surface area contributed by atoms with Gasteiger partial charge in [-0.25, -0.2) is 10.4 Å². The Morgan fingerprint density at radius 2 is 1.91 bits per heavy atom. The number of hydrogen-bond acceptors (Lipinski definition) is 8. The van der Waals surface area contributed by atoms with Gasteiger partial charge in [-0.05, 0) is 70.6 Å². The fraction of sp³-hybridized carbons (Fsp3) is 0.515. The molecule has 1 fully saturated rings. The van der Waals surface area contributed by atoms with Crippen molar-refractivity contribution >= 4 is 40.5 Å². The van der Waals surface area contributed by atoms with Crippen LogP contribution in [0.4, 0.5) is 0 Å². The van der Waals surface area contributed by atoms with Crippen LogP contribution in [-0.4, -0.2) is 52.2 Å². The number of Topliss-reactive ketones (excluding diaryl/α,β-unsaturated/α-hetero) is 1. The van der Waals surface area contributed by atoms with Crippen LogP contribution < -0.4 is 10.7 Å². The van der Waals surface area contributed by atoms with Crippen LogP contribution >= 0.6 is 0 Å². The maximum Gasteiger partial charge on any atom is 0.325 e. The van der Waals surface area contributed by atoms with Crippen LogP contribution in [-0.2, 0) is 23.9 Å². The Morgan fingerprint density at radius 3 is 2.53 bits per heavy atom. The highest BCUT2D eigenvalue weighted by Gasteiger charge is 2.33. The van der Waals surface area contributed by atoms with Gasteiger partial charge >= 0.3 is 5.97 Å². The maximum atomic E-state index is 13.1. The SMILES string of the molecule is CCC(C(=O)NC(C)C(=O)N1CCCC(C(=O)OC(C)c2ccc3ccc(C=CC(C)(C#N)C(C)=O)cc3n2)N1)C(C)C. The van der Waals surface area contributed by atoms with E-state index in [1.54, 1.807) is 39.0 Å². The van der Waals surface area contributed by atoms with E-state index in [-0.39, 0.29) is 29.4 Å². The third-order valence-electron chi connectivity index (χ3n) is 8.07. The van der Waals surface area contributed by atoms with Gasteiger partial charge in [0.05, 0.1) is 17.3 Å². The molecule has 43 heavy (non-hydrogen) atoms. The lowest BCUT2D eigenvalue weighted by Gasteiger charge is -2.35. The number of allylic oxidation sites excluding steroid dienone is 1. The van der Waals surface area contributed by atoms with Crippen LogP contribution in [0, 0.1) is 28.6 Å². The predicted octanol–water partition coefficient (Wildman–Crippen LogP) is 4.65. The van der Waals surface area contributed by atoms with Gasteiger partial charge in [-0.3, -0.25) is 24.2 Å². The number of nitrogens with one attached hydrogen (secondary N) is 2. The topological polar surface area (TPSA) is 141 Å². The smallest absolute Gasteiger partial charge is 0.325 e. The van der Waals surface area contributed by atoms with Crippen LogP contribution in [0.3, 0.4) is 0 Å². The van der Waals surface area contributed by atoms with E-state index in [2.05, 4.69) is 10.7 Å². The molecule has 2 heterocycles. The fourth-order valence-corrected chi connectivity index (χ4v) is 4.98. The highest BCUT2D eigenvalue weighted by atomic mass is 16.5. The summed E-state index contributed by atoms with van der Waals surface area (Å²) in [5.41, 5.74) is 3.79. The zero-order chi connectivity index (χ0) is 31.9. The molecule has 230 valence electrons. The zero-order valence-corrected chi connectivity index (χ0v) is 26.1. The molecule has 1 aliphatic heterocycles. The average molecular weight is 590 g/mol. The summed E-state index contributed by atoms with van der Waals surface area (Å²) in [6.45, 7) is 12.7. The van der Waals surface area contributed by atoms with Crippen molar-refractivity contribution in [2.75, 3.05) is 6.54 Å². The van der Waals surface area contributed by atoms with E-state index in [9.17, 15) is 24.4 Å². The summed E-state index contributed by atoms with van der Waals surface area (Å²) in [7, 11) is 0. The number of ketones is 1. The number of ether oxygens (including phenoxy) is 1. The molecule has 3 rings (SSSR count). The lowest BCUT2D eigenvalue weighted by molar-refractivity contribution is -0.157. The van der Waals surface area contributed by atoms with E-state index >= 15 is 0 Å². The first-order valence-electron chi connectivity index (χ1n) is 14.9. The minimum atomic E-state index is -1.21. The van der Waals surface area contributed by atoms with Crippen molar-refractivity contribution < 1.29 is 23.9 Å². The second kappa shape index (κ2) is 14.4. The number of carbonyl (C=O) groups is 4. The summed E-state index contributed by atoms with van der Waals surface area (Å²) in [4.78, 5) is 55.4. The van der Waals surface area contributed by atoms with E-state index in [0.717, 1.165) is 10.9 Å². The van der Waals surface area contributed by atoms with Crippen molar-refractivity contribution in [2.24, 2.45) is 17.3 Å². The maximum absolute atomic E-state index is 13.1. The quantitative estimate of drug-likeness (QED) is 0.361. The molecule has 2 N–H and O–H groups in total. The summed E-state index contributed by atoms with van der Waals surface area (Å²) in [5.74, 6) is -1.20. The van der Waals surface area contributed by atoms with Crippen molar-refractivity contribution in [1.82, 2.24) is 20.7 Å². The number of nitriles is 1. The van der Waals surface area contributed by atoms with E-state index in [1.807, 2.05) is 51.1 Å². The van der Waals surface area contributed by atoms with E-state index < -0.39 is 29.6 Å².